The van der Waals surface area contributed by atoms with Crippen molar-refractivity contribution >= 4 is 79.0 Å². The van der Waals surface area contributed by atoms with Crippen LogP contribution in [0.4, 0.5) is 0 Å². The van der Waals surface area contributed by atoms with Crippen LogP contribution in [0.15, 0.2) is 0 Å². The van der Waals surface area contributed by atoms with E-state index in [4.69, 9.17) is 0 Å². The Morgan fingerprint density at radius 1 is 1.00 bits per heavy atom. The first-order valence-corrected chi connectivity index (χ1v) is 0. The molecule has 4 heteroatoms. The third kappa shape index (κ3) is 8.92. The Hall–Kier alpha value is 3.11. The molecule has 0 heterocycles. The molecule has 0 aliphatic heterocycles. The van der Waals surface area contributed by atoms with Crippen molar-refractivity contribution in [3.63, 3.8) is 0 Å². The Bertz CT molecular complexity index is 8.00. The molecule has 0 atom stereocenters. The molecule has 0 spiro atoms. The second-order valence-electron chi connectivity index (χ2n) is 0. The maximum atomic E-state index is 0. The Kier molecular flexibility index (Phi) is 113. The van der Waals surface area contributed by atoms with Gasteiger partial charge in [-0.05, 0) is 0 Å². The summed E-state index contributed by atoms with van der Waals surface area (Å²) in [7, 11) is 0. The van der Waals surface area contributed by atoms with Gasteiger partial charge in [0, 0.05) is 17.1 Å². The monoisotopic (exact) mass is 249 g/mol. The number of rotatable bonds is 0. The van der Waals surface area contributed by atoms with Crippen LogP contribution in [0.5, 0.6) is 0 Å². The van der Waals surface area contributed by atoms with E-state index in [0.717, 1.165) is 0 Å². The van der Waals surface area contributed by atoms with Crippen LogP contribution in [-0.4, -0.2) is 79.0 Å². The van der Waals surface area contributed by atoms with Crippen LogP contribution >= 0.6 is 0 Å². The average molecular weight is 248 g/mol. The van der Waals surface area contributed by atoms with Crippen molar-refractivity contribution in [1.29, 1.82) is 0 Å². The topological polar surface area (TPSA) is 0 Å². The standard InChI is InChI=1S/Al.Ca.Mn.Sn.7H. The fourth-order valence-electron chi connectivity index (χ4n) is 0. The maximum absolute atomic E-state index is 0. The van der Waals surface area contributed by atoms with Crippen LogP contribution in [-0.2, 0) is 17.1 Å². The van der Waals surface area contributed by atoms with Gasteiger partial charge in [-0.2, -0.15) is 0 Å². The fraction of sp³-hybridized carbons (Fsp3) is 0. The van der Waals surface area contributed by atoms with Crippen molar-refractivity contribution in [1.82, 2.24) is 0 Å². The molecule has 0 N–H and O–H groups in total. The number of hydrogen-bond acceptors (Lipinski definition) is 0. The van der Waals surface area contributed by atoms with Gasteiger partial charge in [-0.15, -0.1) is 0 Å². The van der Waals surface area contributed by atoms with E-state index in [2.05, 4.69) is 0 Å². The molecule has 0 nitrogen and oxygen atoms in total. The van der Waals surface area contributed by atoms with E-state index in [1.807, 2.05) is 0 Å². The van der Waals surface area contributed by atoms with Crippen LogP contribution in [0.1, 0.15) is 0 Å². The van der Waals surface area contributed by atoms with E-state index >= 15 is 0 Å². The molecule has 0 aromatic heterocycles. The number of hydrogen-bond donors (Lipinski definition) is 0. The van der Waals surface area contributed by atoms with Crippen molar-refractivity contribution in [2.24, 2.45) is 0 Å². The second kappa shape index (κ2) is 16.5. The quantitative estimate of drug-likeness (QED) is 0.400. The Balaban J connectivity index is 0. The Labute approximate surface area is 94.0 Å². The molecule has 3 radical (unpaired) electrons. The fourth-order valence-corrected chi connectivity index (χ4v) is 0. The summed E-state index contributed by atoms with van der Waals surface area (Å²) in [5, 5.41) is 0. The minimum absolute atomic E-state index is 0. The molecule has 0 saturated heterocycles. The summed E-state index contributed by atoms with van der Waals surface area (Å²) in [6.07, 6.45) is 0. The Morgan fingerprint density at radius 3 is 1.00 bits per heavy atom. The van der Waals surface area contributed by atoms with Crippen LogP contribution in [0, 0.1) is 0 Å². The predicted molar refractivity (Wildman–Crippen MR) is 27.0 cm³/mol. The second-order valence-corrected chi connectivity index (χ2v) is 0. The van der Waals surface area contributed by atoms with Gasteiger partial charge < -0.3 is 0 Å². The molecule has 0 saturated carbocycles. The molecule has 0 amide bonds. The third-order valence-corrected chi connectivity index (χ3v) is 0. The van der Waals surface area contributed by atoms with E-state index in [1.54, 1.807) is 0 Å². The van der Waals surface area contributed by atoms with Crippen molar-refractivity contribution in [2.75, 3.05) is 0 Å². The molecular formula is H7AlCaMnSn. The van der Waals surface area contributed by atoms with Gasteiger partial charge in [0.2, 0.25) is 0 Å². The van der Waals surface area contributed by atoms with Gasteiger partial charge >= 0.3 is 61.6 Å². The van der Waals surface area contributed by atoms with Gasteiger partial charge in [-0.1, -0.05) is 0 Å². The third-order valence-electron chi connectivity index (χ3n) is 0. The zero-order valence-corrected chi connectivity index (χ0v) is 6.30. The zero-order valence-electron chi connectivity index (χ0n) is 1.09. The van der Waals surface area contributed by atoms with E-state index < -0.39 is 0 Å². The summed E-state index contributed by atoms with van der Waals surface area (Å²) in [4.78, 5) is 0. The summed E-state index contributed by atoms with van der Waals surface area (Å²) in [6.45, 7) is 0. The van der Waals surface area contributed by atoms with E-state index in [0.29, 0.717) is 0 Å². The summed E-state index contributed by atoms with van der Waals surface area (Å²) < 4.78 is 0. The van der Waals surface area contributed by atoms with Crippen molar-refractivity contribution in [3.8, 4) is 0 Å². The summed E-state index contributed by atoms with van der Waals surface area (Å²) in [5.41, 5.74) is 0. The van der Waals surface area contributed by atoms with Crippen molar-refractivity contribution in [2.45, 2.75) is 0 Å². The van der Waals surface area contributed by atoms with Crippen LogP contribution in [0.3, 0.4) is 0 Å². The first-order chi connectivity index (χ1) is 0. The van der Waals surface area contributed by atoms with Crippen LogP contribution in [0.2, 0.25) is 0 Å². The van der Waals surface area contributed by atoms with E-state index in [1.165, 1.54) is 0 Å². The van der Waals surface area contributed by atoms with Crippen LogP contribution in [0.25, 0.3) is 0 Å². The molecule has 0 fully saturated rings. The first kappa shape index (κ1) is 27.4. The normalized spacial score (nSPS) is 0. The molecule has 0 aromatic carbocycles. The van der Waals surface area contributed by atoms with E-state index in [9.17, 15) is 0 Å². The minimum atomic E-state index is 0. The zero-order chi connectivity index (χ0) is 0. The first-order valence-electron chi connectivity index (χ1n) is 0. The van der Waals surface area contributed by atoms with Crippen molar-refractivity contribution in [3.05, 3.63) is 0 Å². The van der Waals surface area contributed by atoms with Gasteiger partial charge in [0.05, 0.1) is 0 Å². The Morgan fingerprint density at radius 2 is 1.00 bits per heavy atom. The summed E-state index contributed by atoms with van der Waals surface area (Å²) in [5.74, 6) is 0. The average Bonchev–Trinajstić information content (AvgIpc) is 0. The van der Waals surface area contributed by atoms with Gasteiger partial charge in [0.25, 0.3) is 0 Å². The summed E-state index contributed by atoms with van der Waals surface area (Å²) in [6, 6.07) is 0. The SMILES string of the molecule is [AlH3].[CaH2].[Mn].[SnH2]. The molecule has 4 heavy (non-hydrogen) atoms. The van der Waals surface area contributed by atoms with Gasteiger partial charge in [0.1, 0.15) is 0 Å². The molecule has 0 aliphatic rings. The van der Waals surface area contributed by atoms with Gasteiger partial charge in [-0.25, -0.2) is 0 Å². The van der Waals surface area contributed by atoms with Crippen molar-refractivity contribution < 1.29 is 17.1 Å². The summed E-state index contributed by atoms with van der Waals surface area (Å²) >= 11 is 0. The van der Waals surface area contributed by atoms with E-state index in [-0.39, 0.29) is 96.1 Å². The van der Waals surface area contributed by atoms with Crippen LogP contribution < -0.4 is 0 Å². The molecule has 0 unspecified atom stereocenters. The van der Waals surface area contributed by atoms with Gasteiger partial charge in [0.15, 0.2) is 17.4 Å². The molecule has 0 aliphatic carbocycles. The molecule has 0 aromatic rings. The molecular weight excluding hydrogens is 241 g/mol. The molecule has 23 valence electrons. The molecule has 0 rings (SSSR count). The molecule has 0 bridgehead atoms. The predicted octanol–water partition coefficient (Wildman–Crippen LogP) is -3.02. The van der Waals surface area contributed by atoms with Gasteiger partial charge in [-0.3, -0.25) is 0 Å².